The SMILES string of the molecule is O=C1CN(c2c(O)ccc(C3CCNCC3)c2F)S(=O)(=O)N1. The van der Waals surface area contributed by atoms with Crippen LogP contribution in [0.25, 0.3) is 0 Å². The second kappa shape index (κ2) is 5.40. The fourth-order valence-electron chi connectivity index (χ4n) is 2.90. The van der Waals surface area contributed by atoms with Gasteiger partial charge in [0.05, 0.1) is 0 Å². The molecule has 0 radical (unpaired) electrons. The van der Waals surface area contributed by atoms with Gasteiger partial charge in [-0.25, -0.2) is 13.4 Å². The van der Waals surface area contributed by atoms with Crippen molar-refractivity contribution in [2.75, 3.05) is 23.9 Å². The minimum atomic E-state index is -4.16. The Kier molecular flexibility index (Phi) is 3.69. The Morgan fingerprint density at radius 2 is 1.95 bits per heavy atom. The molecule has 3 N–H and O–H groups in total. The quantitative estimate of drug-likeness (QED) is 0.719. The molecule has 7 nitrogen and oxygen atoms in total. The largest absolute Gasteiger partial charge is 0.506 e. The summed E-state index contributed by atoms with van der Waals surface area (Å²) in [6.45, 7) is 0.966. The summed E-state index contributed by atoms with van der Waals surface area (Å²) >= 11 is 0. The number of benzene rings is 1. The van der Waals surface area contributed by atoms with Crippen molar-refractivity contribution in [1.82, 2.24) is 10.0 Å². The van der Waals surface area contributed by atoms with E-state index in [4.69, 9.17) is 0 Å². The van der Waals surface area contributed by atoms with Crippen molar-refractivity contribution < 1.29 is 22.7 Å². The first-order valence-corrected chi connectivity index (χ1v) is 8.39. The topological polar surface area (TPSA) is 98.7 Å². The van der Waals surface area contributed by atoms with Gasteiger partial charge in [0.1, 0.15) is 18.0 Å². The molecule has 2 saturated heterocycles. The third-order valence-electron chi connectivity index (χ3n) is 3.97. The van der Waals surface area contributed by atoms with Gasteiger partial charge in [-0.2, -0.15) is 8.42 Å². The Balaban J connectivity index is 2.06. The number of carbonyl (C=O) groups excluding carboxylic acids is 1. The number of halogens is 1. The predicted molar refractivity (Wildman–Crippen MR) is 77.3 cm³/mol. The normalized spacial score (nSPS) is 21.9. The third-order valence-corrected chi connectivity index (χ3v) is 5.35. The third kappa shape index (κ3) is 2.50. The Bertz CT molecular complexity index is 716. The number of aromatic hydroxyl groups is 1. The van der Waals surface area contributed by atoms with Crippen LogP contribution in [0.2, 0.25) is 0 Å². The van der Waals surface area contributed by atoms with Crippen LogP contribution in [0, 0.1) is 5.82 Å². The number of carbonyl (C=O) groups is 1. The first-order chi connectivity index (χ1) is 10.4. The molecule has 1 aromatic carbocycles. The molecule has 0 aromatic heterocycles. The standard InChI is InChI=1S/C13H16FN3O4S/c14-12-9(8-3-5-15-6-4-8)1-2-10(18)13(12)17-7-11(19)16-22(17,20)21/h1-2,8,15,18H,3-7H2,(H,16,19). The van der Waals surface area contributed by atoms with Gasteiger partial charge in [0.2, 0.25) is 0 Å². The Labute approximate surface area is 127 Å². The van der Waals surface area contributed by atoms with E-state index in [0.717, 1.165) is 25.9 Å². The maximum Gasteiger partial charge on any atom is 0.326 e. The van der Waals surface area contributed by atoms with Gasteiger partial charge in [0.15, 0.2) is 5.82 Å². The summed E-state index contributed by atoms with van der Waals surface area (Å²) < 4.78 is 40.9. The zero-order valence-electron chi connectivity index (χ0n) is 11.7. The van der Waals surface area contributed by atoms with Crippen LogP contribution in [0.4, 0.5) is 10.1 Å². The number of phenolic OH excluding ortho intramolecular Hbond substituents is 1. The van der Waals surface area contributed by atoms with Crippen LogP contribution >= 0.6 is 0 Å². The van der Waals surface area contributed by atoms with Crippen molar-refractivity contribution in [2.24, 2.45) is 0 Å². The smallest absolute Gasteiger partial charge is 0.326 e. The molecule has 0 unspecified atom stereocenters. The van der Waals surface area contributed by atoms with Crippen LogP contribution in [0.15, 0.2) is 12.1 Å². The van der Waals surface area contributed by atoms with Crippen molar-refractivity contribution in [1.29, 1.82) is 0 Å². The van der Waals surface area contributed by atoms with Gasteiger partial charge in [-0.15, -0.1) is 0 Å². The number of hydrogen-bond acceptors (Lipinski definition) is 5. The molecule has 3 rings (SSSR count). The van der Waals surface area contributed by atoms with Crippen LogP contribution in [0.1, 0.15) is 24.3 Å². The lowest BCUT2D eigenvalue weighted by atomic mass is 9.89. The van der Waals surface area contributed by atoms with E-state index in [0.29, 0.717) is 9.87 Å². The molecule has 0 atom stereocenters. The zero-order valence-corrected chi connectivity index (χ0v) is 12.5. The van der Waals surface area contributed by atoms with Crippen molar-refractivity contribution in [3.05, 3.63) is 23.5 Å². The number of nitrogens with one attached hydrogen (secondary N) is 2. The van der Waals surface area contributed by atoms with E-state index in [9.17, 15) is 22.7 Å². The average Bonchev–Trinajstić information content (AvgIpc) is 2.73. The summed E-state index contributed by atoms with van der Waals surface area (Å²) in [6, 6.07) is 2.75. The van der Waals surface area contributed by atoms with Gasteiger partial charge >= 0.3 is 10.2 Å². The highest BCUT2D eigenvalue weighted by molar-refractivity contribution is 7.92. The van der Waals surface area contributed by atoms with Crippen LogP contribution in [0.5, 0.6) is 5.75 Å². The minimum absolute atomic E-state index is 0.0467. The lowest BCUT2D eigenvalue weighted by molar-refractivity contribution is -0.117. The van der Waals surface area contributed by atoms with Crippen LogP contribution in [-0.4, -0.2) is 39.1 Å². The second-order valence-corrected chi connectivity index (χ2v) is 6.99. The average molecular weight is 329 g/mol. The van der Waals surface area contributed by atoms with E-state index in [1.165, 1.54) is 12.1 Å². The monoisotopic (exact) mass is 329 g/mol. The van der Waals surface area contributed by atoms with E-state index in [1.54, 1.807) is 4.72 Å². The van der Waals surface area contributed by atoms with E-state index in [-0.39, 0.29) is 5.92 Å². The molecule has 1 amide bonds. The molecule has 0 bridgehead atoms. The molecule has 0 spiro atoms. The van der Waals surface area contributed by atoms with Gasteiger partial charge in [0, 0.05) is 0 Å². The molecule has 120 valence electrons. The van der Waals surface area contributed by atoms with Gasteiger partial charge in [-0.1, -0.05) is 6.07 Å². The first-order valence-electron chi connectivity index (χ1n) is 6.95. The molecule has 1 aromatic rings. The van der Waals surface area contributed by atoms with Crippen molar-refractivity contribution in [3.8, 4) is 5.75 Å². The highest BCUT2D eigenvalue weighted by atomic mass is 32.2. The molecule has 0 saturated carbocycles. The van der Waals surface area contributed by atoms with Gasteiger partial charge in [-0.3, -0.25) is 4.79 Å². The summed E-state index contributed by atoms with van der Waals surface area (Å²) in [5, 5.41) is 13.1. The Morgan fingerprint density at radius 3 is 2.55 bits per heavy atom. The van der Waals surface area contributed by atoms with Crippen LogP contribution in [-0.2, 0) is 15.0 Å². The number of phenols is 1. The Morgan fingerprint density at radius 1 is 1.27 bits per heavy atom. The lowest BCUT2D eigenvalue weighted by Crippen LogP contribution is -2.31. The lowest BCUT2D eigenvalue weighted by Gasteiger charge is -2.25. The highest BCUT2D eigenvalue weighted by Crippen LogP contribution is 2.39. The number of piperidine rings is 1. The maximum absolute atomic E-state index is 14.8. The maximum atomic E-state index is 14.8. The number of rotatable bonds is 2. The number of anilines is 1. The molecular formula is C13H16FN3O4S. The summed E-state index contributed by atoms with van der Waals surface area (Å²) in [5.41, 5.74) is -0.0989. The molecular weight excluding hydrogens is 313 g/mol. The van der Waals surface area contributed by atoms with E-state index in [2.05, 4.69) is 5.32 Å². The second-order valence-electron chi connectivity index (χ2n) is 5.40. The number of nitrogens with zero attached hydrogens (tertiary/aromatic N) is 1. The summed E-state index contributed by atoms with van der Waals surface area (Å²) in [7, 11) is -4.16. The van der Waals surface area contributed by atoms with E-state index in [1.807, 2.05) is 0 Å². The fourth-order valence-corrected chi connectivity index (χ4v) is 4.07. The molecule has 2 fully saturated rings. The van der Waals surface area contributed by atoms with E-state index < -0.39 is 39.9 Å². The van der Waals surface area contributed by atoms with Crippen molar-refractivity contribution >= 4 is 21.8 Å². The molecule has 22 heavy (non-hydrogen) atoms. The van der Waals surface area contributed by atoms with Gasteiger partial charge in [-0.05, 0) is 43.5 Å². The summed E-state index contributed by atoms with van der Waals surface area (Å²) in [5.74, 6) is -2.09. The van der Waals surface area contributed by atoms with Gasteiger partial charge in [0.25, 0.3) is 5.91 Å². The van der Waals surface area contributed by atoms with Crippen LogP contribution in [0.3, 0.4) is 0 Å². The minimum Gasteiger partial charge on any atom is -0.506 e. The first kappa shape index (κ1) is 15.0. The van der Waals surface area contributed by atoms with E-state index >= 15 is 0 Å². The van der Waals surface area contributed by atoms with Crippen LogP contribution < -0.4 is 14.3 Å². The predicted octanol–water partition coefficient (Wildman–Crippen LogP) is 0.179. The molecule has 2 aliphatic heterocycles. The zero-order chi connectivity index (χ0) is 15.9. The van der Waals surface area contributed by atoms with Crippen molar-refractivity contribution in [3.63, 3.8) is 0 Å². The summed E-state index contributed by atoms with van der Waals surface area (Å²) in [4.78, 5) is 11.3. The molecule has 0 aliphatic carbocycles. The molecule has 2 aliphatic rings. The van der Waals surface area contributed by atoms with Gasteiger partial charge < -0.3 is 10.4 Å². The molecule has 9 heteroatoms. The van der Waals surface area contributed by atoms with Crippen molar-refractivity contribution in [2.45, 2.75) is 18.8 Å². The fraction of sp³-hybridized carbons (Fsp3) is 0.462. The number of hydrogen-bond donors (Lipinski definition) is 3. The number of amides is 1. The summed E-state index contributed by atoms with van der Waals surface area (Å²) in [6.07, 6.45) is 1.45. The highest BCUT2D eigenvalue weighted by Gasteiger charge is 2.38. The Hall–Kier alpha value is -1.87. The molecule has 2 heterocycles.